The van der Waals surface area contributed by atoms with E-state index in [1.807, 2.05) is 0 Å². The highest BCUT2D eigenvalue weighted by Gasteiger charge is 2.28. The summed E-state index contributed by atoms with van der Waals surface area (Å²) in [5.74, 6) is -3.05. The Kier molecular flexibility index (Phi) is 8.81. The minimum absolute atomic E-state index is 0.119. The highest BCUT2D eigenvalue weighted by molar-refractivity contribution is 6.31. The van der Waals surface area contributed by atoms with Crippen molar-refractivity contribution in [1.29, 1.82) is 0 Å². The fourth-order valence-corrected chi connectivity index (χ4v) is 5.29. The van der Waals surface area contributed by atoms with E-state index in [-0.39, 0.29) is 29.3 Å². The van der Waals surface area contributed by atoms with E-state index in [4.69, 9.17) is 16.7 Å². The Morgan fingerprint density at radius 2 is 1.85 bits per heavy atom. The molecule has 3 N–H and O–H groups in total. The van der Waals surface area contributed by atoms with Gasteiger partial charge in [-0.25, -0.2) is 4.39 Å². The molecule has 1 aromatic heterocycles. The first-order valence-electron chi connectivity index (χ1n) is 12.6. The number of carboxylic acid groups (broad SMARTS) is 1. The van der Waals surface area contributed by atoms with E-state index >= 15 is 4.39 Å². The quantitative estimate of drug-likeness (QED) is 0.207. The van der Waals surface area contributed by atoms with E-state index in [2.05, 4.69) is 10.5 Å². The van der Waals surface area contributed by atoms with Gasteiger partial charge in [-0.3, -0.25) is 14.4 Å². The topological polar surface area (TPSA) is 121 Å². The molecule has 1 amide bonds. The molecular weight excluding hydrogens is 525 g/mol. The number of oxime groups is 1. The van der Waals surface area contributed by atoms with Crippen molar-refractivity contribution in [2.45, 2.75) is 44.1 Å². The number of benzene rings is 2. The molecule has 2 aromatic carbocycles. The number of nitrogens with zero attached hydrogens (tertiary/aromatic N) is 2. The number of hydrogen-bond acceptors (Lipinski definition) is 5. The Morgan fingerprint density at radius 1 is 1.13 bits per heavy atom. The molecule has 0 bridgehead atoms. The van der Waals surface area contributed by atoms with Crippen LogP contribution < -0.4 is 10.9 Å². The number of amides is 1. The lowest BCUT2D eigenvalue weighted by atomic mass is 9.85. The first-order chi connectivity index (χ1) is 18.7. The second kappa shape index (κ2) is 12.3. The van der Waals surface area contributed by atoms with Crippen LogP contribution in [0.1, 0.15) is 65.1 Å². The van der Waals surface area contributed by atoms with Crippen molar-refractivity contribution in [2.24, 2.45) is 18.1 Å². The maximum atomic E-state index is 15.3. The summed E-state index contributed by atoms with van der Waals surface area (Å²) in [5, 5.41) is 25.7. The maximum Gasteiger partial charge on any atom is 0.306 e. The number of aliphatic carboxylic acids is 1. The molecule has 1 aliphatic carbocycles. The second-order valence-electron chi connectivity index (χ2n) is 9.79. The fraction of sp³-hybridized carbons (Fsp3) is 0.310. The van der Waals surface area contributed by atoms with Crippen LogP contribution in [0.25, 0.3) is 0 Å². The van der Waals surface area contributed by atoms with Gasteiger partial charge < -0.3 is 20.2 Å². The fourth-order valence-electron chi connectivity index (χ4n) is 5.02. The van der Waals surface area contributed by atoms with Gasteiger partial charge >= 0.3 is 5.97 Å². The number of rotatable bonds is 8. The molecule has 10 heteroatoms. The zero-order chi connectivity index (χ0) is 28.1. The number of carboxylic acids is 1. The summed E-state index contributed by atoms with van der Waals surface area (Å²) < 4.78 is 16.7. The molecule has 8 nitrogen and oxygen atoms in total. The molecule has 1 aliphatic rings. The molecule has 1 atom stereocenters. The molecule has 0 aliphatic heterocycles. The van der Waals surface area contributed by atoms with Gasteiger partial charge in [-0.15, -0.1) is 0 Å². The summed E-state index contributed by atoms with van der Waals surface area (Å²) in [5.41, 5.74) is 1.65. The van der Waals surface area contributed by atoms with Gasteiger partial charge in [0.05, 0.1) is 17.2 Å². The molecule has 39 heavy (non-hydrogen) atoms. The summed E-state index contributed by atoms with van der Waals surface area (Å²) in [7, 11) is 1.59. The Morgan fingerprint density at radius 3 is 2.46 bits per heavy atom. The highest BCUT2D eigenvalue weighted by Crippen LogP contribution is 2.35. The Labute approximate surface area is 229 Å². The number of hydrogen-bond donors (Lipinski definition) is 3. The van der Waals surface area contributed by atoms with E-state index in [1.54, 1.807) is 49.6 Å². The maximum absolute atomic E-state index is 15.3. The van der Waals surface area contributed by atoms with Crippen LogP contribution in [0.5, 0.6) is 0 Å². The van der Waals surface area contributed by atoms with E-state index in [1.165, 1.54) is 22.8 Å². The van der Waals surface area contributed by atoms with Crippen molar-refractivity contribution < 1.29 is 24.3 Å². The molecule has 1 heterocycles. The van der Waals surface area contributed by atoms with Gasteiger partial charge in [0, 0.05) is 48.3 Å². The van der Waals surface area contributed by atoms with Crippen LogP contribution in [0.2, 0.25) is 5.02 Å². The SMILES string of the molecule is Cn1cc(C(CC(c2ccc(C(=O)NC3CCC(C(=O)O)CC3)c(F)c2)c2ccccc2Cl)=NO)ccc1=O. The van der Waals surface area contributed by atoms with Crippen LogP contribution in [0.4, 0.5) is 4.39 Å². The second-order valence-corrected chi connectivity index (χ2v) is 10.2. The van der Waals surface area contributed by atoms with Gasteiger partial charge in [-0.1, -0.05) is 41.0 Å². The number of aromatic nitrogens is 1. The van der Waals surface area contributed by atoms with Crippen molar-refractivity contribution in [3.05, 3.63) is 104 Å². The normalized spacial score (nSPS) is 18.4. The van der Waals surface area contributed by atoms with Crippen molar-refractivity contribution in [3.8, 4) is 0 Å². The van der Waals surface area contributed by atoms with Crippen LogP contribution in [-0.2, 0) is 11.8 Å². The minimum Gasteiger partial charge on any atom is -0.481 e. The monoisotopic (exact) mass is 553 g/mol. The molecule has 0 radical (unpaired) electrons. The lowest BCUT2D eigenvalue weighted by molar-refractivity contribution is -0.142. The van der Waals surface area contributed by atoms with Gasteiger partial charge in [0.25, 0.3) is 5.91 Å². The van der Waals surface area contributed by atoms with Gasteiger partial charge in [-0.2, -0.15) is 0 Å². The highest BCUT2D eigenvalue weighted by atomic mass is 35.5. The van der Waals surface area contributed by atoms with E-state index in [0.29, 0.717) is 47.4 Å². The first kappa shape index (κ1) is 28.0. The average Bonchev–Trinajstić information content (AvgIpc) is 2.92. The lowest BCUT2D eigenvalue weighted by Crippen LogP contribution is -2.39. The Bertz CT molecular complexity index is 1460. The molecule has 0 saturated heterocycles. The smallest absolute Gasteiger partial charge is 0.306 e. The Hall–Kier alpha value is -3.98. The molecule has 204 valence electrons. The zero-order valence-corrected chi connectivity index (χ0v) is 22.1. The first-order valence-corrected chi connectivity index (χ1v) is 13.0. The lowest BCUT2D eigenvalue weighted by Gasteiger charge is -2.27. The number of aryl methyl sites for hydroxylation is 1. The van der Waals surface area contributed by atoms with E-state index in [0.717, 1.165) is 0 Å². The predicted molar refractivity (Wildman–Crippen MR) is 145 cm³/mol. The summed E-state index contributed by atoms with van der Waals surface area (Å²) >= 11 is 6.50. The van der Waals surface area contributed by atoms with Gasteiger partial charge in [0.15, 0.2) is 0 Å². The van der Waals surface area contributed by atoms with Gasteiger partial charge in [0.2, 0.25) is 5.56 Å². The van der Waals surface area contributed by atoms with Crippen molar-refractivity contribution in [3.63, 3.8) is 0 Å². The summed E-state index contributed by atoms with van der Waals surface area (Å²) in [6.07, 6.45) is 3.66. The molecule has 1 unspecified atom stereocenters. The van der Waals surface area contributed by atoms with Crippen molar-refractivity contribution in [1.82, 2.24) is 9.88 Å². The van der Waals surface area contributed by atoms with Gasteiger partial charge in [0.1, 0.15) is 5.82 Å². The zero-order valence-electron chi connectivity index (χ0n) is 21.3. The average molecular weight is 554 g/mol. The molecule has 1 saturated carbocycles. The number of carbonyl (C=O) groups is 2. The molecule has 3 aromatic rings. The standard InChI is InChI=1S/C29H29ClFN3O5/c1-34-16-19(9-13-27(34)35)26(33-39)15-23(21-4-2-3-5-24(21)30)18-8-12-22(25(31)14-18)28(36)32-20-10-6-17(7-11-20)29(37)38/h2-5,8-9,12-14,16-17,20,23,39H,6-7,10-11,15H2,1H3,(H,32,36)(H,37,38). The van der Waals surface area contributed by atoms with Crippen LogP contribution in [0, 0.1) is 11.7 Å². The number of nitrogens with one attached hydrogen (secondary N) is 1. The molecular formula is C29H29ClFN3O5. The van der Waals surface area contributed by atoms with E-state index in [9.17, 15) is 19.6 Å². The Balaban J connectivity index is 1.60. The van der Waals surface area contributed by atoms with Crippen molar-refractivity contribution in [2.75, 3.05) is 0 Å². The molecule has 4 rings (SSSR count). The summed E-state index contributed by atoms with van der Waals surface area (Å²) in [6.45, 7) is 0. The van der Waals surface area contributed by atoms with Crippen LogP contribution >= 0.6 is 11.6 Å². The van der Waals surface area contributed by atoms with Gasteiger partial charge in [-0.05, 0) is 61.1 Å². The summed E-state index contributed by atoms with van der Waals surface area (Å²) in [4.78, 5) is 35.9. The minimum atomic E-state index is -0.833. The van der Waals surface area contributed by atoms with Crippen LogP contribution in [0.3, 0.4) is 0 Å². The summed E-state index contributed by atoms with van der Waals surface area (Å²) in [6, 6.07) is 14.1. The largest absolute Gasteiger partial charge is 0.481 e. The van der Waals surface area contributed by atoms with E-state index < -0.39 is 29.5 Å². The number of pyridine rings is 1. The molecule has 1 fully saturated rings. The predicted octanol–water partition coefficient (Wildman–Crippen LogP) is 4.95. The third-order valence-corrected chi connectivity index (χ3v) is 7.61. The van der Waals surface area contributed by atoms with Crippen molar-refractivity contribution >= 4 is 29.2 Å². The van der Waals surface area contributed by atoms with Crippen LogP contribution in [0.15, 0.2) is 70.7 Å². The number of halogens is 2. The third kappa shape index (κ3) is 6.54. The van der Waals surface area contributed by atoms with Crippen LogP contribution in [-0.4, -0.2) is 38.5 Å². The third-order valence-electron chi connectivity index (χ3n) is 7.27. The number of carbonyl (C=O) groups excluding carboxylic acids is 1. The molecule has 0 spiro atoms.